The van der Waals surface area contributed by atoms with E-state index in [1.807, 2.05) is 17.5 Å². The van der Waals surface area contributed by atoms with Gasteiger partial charge in [0.1, 0.15) is 0 Å². The number of thiophene rings is 1. The first kappa shape index (κ1) is 13.8. The fraction of sp³-hybridized carbons (Fsp3) is 0.500. The number of anilines is 1. The molecule has 0 aliphatic heterocycles. The number of aromatic nitrogens is 2. The predicted molar refractivity (Wildman–Crippen MR) is 87.5 cm³/mol. The van der Waals surface area contributed by atoms with E-state index in [1.165, 1.54) is 48.4 Å². The van der Waals surface area contributed by atoms with Crippen LogP contribution >= 0.6 is 11.3 Å². The molecule has 2 fully saturated rings. The van der Waals surface area contributed by atoms with Crippen LogP contribution in [0.5, 0.6) is 0 Å². The molecule has 0 unspecified atom stereocenters. The highest BCUT2D eigenvalue weighted by Gasteiger charge is 2.32. The molecule has 4 rings (SSSR count). The summed E-state index contributed by atoms with van der Waals surface area (Å²) in [5.41, 5.74) is 2.62. The summed E-state index contributed by atoms with van der Waals surface area (Å²) >= 11 is 1.52. The largest absolute Gasteiger partial charge is 0.336 e. The third-order valence-electron chi connectivity index (χ3n) is 4.19. The van der Waals surface area contributed by atoms with Gasteiger partial charge in [-0.15, -0.1) is 11.3 Å². The van der Waals surface area contributed by atoms with Crippen molar-refractivity contribution in [2.75, 3.05) is 11.9 Å². The van der Waals surface area contributed by atoms with Gasteiger partial charge in [-0.05, 0) is 49.3 Å². The zero-order valence-electron chi connectivity index (χ0n) is 12.4. The van der Waals surface area contributed by atoms with Crippen molar-refractivity contribution >= 4 is 22.4 Å². The zero-order valence-corrected chi connectivity index (χ0v) is 13.2. The molecule has 0 bridgehead atoms. The highest BCUT2D eigenvalue weighted by Crippen LogP contribution is 2.44. The lowest BCUT2D eigenvalue weighted by atomic mass is 10.2. The van der Waals surface area contributed by atoms with Gasteiger partial charge in [0.05, 0.1) is 17.2 Å². The maximum absolute atomic E-state index is 11.8. The molecule has 2 aromatic heterocycles. The topological polar surface area (TPSA) is 59.0 Å². The van der Waals surface area contributed by atoms with Crippen LogP contribution in [0.3, 0.4) is 0 Å². The summed E-state index contributed by atoms with van der Waals surface area (Å²) in [6, 6.07) is 5.96. The summed E-state index contributed by atoms with van der Waals surface area (Å²) < 4.78 is 2.11. The van der Waals surface area contributed by atoms with Crippen LogP contribution in [0, 0.1) is 0 Å². The average molecular weight is 316 g/mol. The zero-order chi connectivity index (χ0) is 14.9. The van der Waals surface area contributed by atoms with Gasteiger partial charge in [-0.2, -0.15) is 5.10 Å². The third kappa shape index (κ3) is 3.16. The van der Waals surface area contributed by atoms with Gasteiger partial charge in [0.2, 0.25) is 0 Å². The van der Waals surface area contributed by atoms with Crippen molar-refractivity contribution in [2.45, 2.75) is 44.1 Å². The molecule has 2 N–H and O–H groups in total. The van der Waals surface area contributed by atoms with Gasteiger partial charge >= 0.3 is 6.03 Å². The molecule has 2 aliphatic rings. The van der Waals surface area contributed by atoms with E-state index in [4.69, 9.17) is 5.10 Å². The highest BCUT2D eigenvalue weighted by atomic mass is 32.1. The Balaban J connectivity index is 1.32. The molecule has 0 saturated heterocycles. The Morgan fingerprint density at radius 3 is 2.82 bits per heavy atom. The molecule has 116 valence electrons. The Kier molecular flexibility index (Phi) is 3.62. The van der Waals surface area contributed by atoms with E-state index in [2.05, 4.69) is 21.4 Å². The molecular weight excluding hydrogens is 296 g/mol. The van der Waals surface area contributed by atoms with Crippen LogP contribution in [-0.2, 0) is 6.54 Å². The molecule has 2 aliphatic carbocycles. The Morgan fingerprint density at radius 1 is 1.32 bits per heavy atom. The second-order valence-corrected chi connectivity index (χ2v) is 7.07. The molecule has 2 aromatic rings. The summed E-state index contributed by atoms with van der Waals surface area (Å²) in [5.74, 6) is 1.38. The van der Waals surface area contributed by atoms with Crippen LogP contribution in [0.25, 0.3) is 0 Å². The van der Waals surface area contributed by atoms with Gasteiger partial charge in [-0.3, -0.25) is 10.00 Å². The lowest BCUT2D eigenvalue weighted by Gasteiger charge is -2.08. The van der Waals surface area contributed by atoms with E-state index in [-0.39, 0.29) is 6.03 Å². The van der Waals surface area contributed by atoms with Crippen LogP contribution < -0.4 is 10.6 Å². The van der Waals surface area contributed by atoms with E-state index in [0.717, 1.165) is 11.5 Å². The number of carbonyl (C=O) groups excluding carboxylic acids is 1. The van der Waals surface area contributed by atoms with Crippen molar-refractivity contribution in [3.8, 4) is 0 Å². The number of urea groups is 1. The molecule has 2 amide bonds. The molecule has 2 heterocycles. The molecular formula is C16H20N4OS. The molecule has 5 nitrogen and oxygen atoms in total. The molecule has 0 aromatic carbocycles. The van der Waals surface area contributed by atoms with E-state index >= 15 is 0 Å². The number of carbonyl (C=O) groups is 1. The van der Waals surface area contributed by atoms with Gasteiger partial charge in [0.15, 0.2) is 0 Å². The number of nitrogens with zero attached hydrogens (tertiary/aromatic N) is 2. The number of hydrogen-bond donors (Lipinski definition) is 2. The Hall–Kier alpha value is -1.82. The van der Waals surface area contributed by atoms with Gasteiger partial charge in [-0.1, -0.05) is 0 Å². The van der Waals surface area contributed by atoms with Gasteiger partial charge in [-0.25, -0.2) is 4.79 Å². The molecule has 0 spiro atoms. The van der Waals surface area contributed by atoms with Gasteiger partial charge < -0.3 is 5.32 Å². The smallest absolute Gasteiger partial charge is 0.319 e. The Morgan fingerprint density at radius 2 is 2.14 bits per heavy atom. The molecule has 0 atom stereocenters. The standard InChI is InChI=1S/C16H20N4OS/c21-16(18-15-2-1-9-22-15)17-7-8-20-14(12-5-6-12)10-13(19-20)11-3-4-11/h1-2,9-12H,3-8H2,(H2,17,18,21). The maximum Gasteiger partial charge on any atom is 0.319 e. The Labute approximate surface area is 133 Å². The molecule has 0 radical (unpaired) electrons. The first-order valence-corrected chi connectivity index (χ1v) is 8.83. The summed E-state index contributed by atoms with van der Waals surface area (Å²) in [7, 11) is 0. The van der Waals surface area contributed by atoms with Gasteiger partial charge in [0.25, 0.3) is 0 Å². The first-order valence-electron chi connectivity index (χ1n) is 7.95. The SMILES string of the molecule is O=C(NCCn1nc(C2CC2)cc1C1CC1)Nc1cccs1. The van der Waals surface area contributed by atoms with Gasteiger partial charge in [0, 0.05) is 24.1 Å². The number of amides is 2. The highest BCUT2D eigenvalue weighted by molar-refractivity contribution is 7.14. The van der Waals surface area contributed by atoms with Crippen LogP contribution in [0.15, 0.2) is 23.6 Å². The third-order valence-corrected chi connectivity index (χ3v) is 4.97. The average Bonchev–Trinajstić information content (AvgIpc) is 3.44. The Bertz CT molecular complexity index is 656. The first-order chi connectivity index (χ1) is 10.8. The van der Waals surface area contributed by atoms with Crippen LogP contribution in [0.4, 0.5) is 9.80 Å². The van der Waals surface area contributed by atoms with Crippen molar-refractivity contribution < 1.29 is 4.79 Å². The number of nitrogens with one attached hydrogen (secondary N) is 2. The lowest BCUT2D eigenvalue weighted by Crippen LogP contribution is -2.31. The second kappa shape index (κ2) is 5.76. The van der Waals surface area contributed by atoms with Crippen molar-refractivity contribution in [3.63, 3.8) is 0 Å². The summed E-state index contributed by atoms with van der Waals surface area (Å²) in [6.07, 6.45) is 5.12. The minimum atomic E-state index is -0.148. The maximum atomic E-state index is 11.8. The minimum absolute atomic E-state index is 0.148. The normalized spacial score (nSPS) is 17.5. The van der Waals surface area contributed by atoms with Crippen molar-refractivity contribution in [1.82, 2.24) is 15.1 Å². The van der Waals surface area contributed by atoms with Crippen LogP contribution in [-0.4, -0.2) is 22.4 Å². The summed E-state index contributed by atoms with van der Waals surface area (Å²) in [5, 5.41) is 13.3. The lowest BCUT2D eigenvalue weighted by molar-refractivity contribution is 0.251. The fourth-order valence-electron chi connectivity index (χ4n) is 2.70. The number of hydrogen-bond acceptors (Lipinski definition) is 3. The van der Waals surface area contributed by atoms with E-state index in [9.17, 15) is 4.79 Å². The number of rotatable bonds is 6. The van der Waals surface area contributed by atoms with Crippen molar-refractivity contribution in [3.05, 3.63) is 35.0 Å². The minimum Gasteiger partial charge on any atom is -0.336 e. The molecule has 22 heavy (non-hydrogen) atoms. The fourth-order valence-corrected chi connectivity index (χ4v) is 3.31. The summed E-state index contributed by atoms with van der Waals surface area (Å²) in [6.45, 7) is 1.35. The van der Waals surface area contributed by atoms with E-state index in [1.54, 1.807) is 0 Å². The quantitative estimate of drug-likeness (QED) is 0.856. The van der Waals surface area contributed by atoms with Crippen LogP contribution in [0.2, 0.25) is 0 Å². The molecule has 2 saturated carbocycles. The summed E-state index contributed by atoms with van der Waals surface area (Å²) in [4.78, 5) is 11.8. The van der Waals surface area contributed by atoms with Crippen molar-refractivity contribution in [2.24, 2.45) is 0 Å². The monoisotopic (exact) mass is 316 g/mol. The predicted octanol–water partition coefficient (Wildman–Crippen LogP) is 3.52. The van der Waals surface area contributed by atoms with E-state index < -0.39 is 0 Å². The van der Waals surface area contributed by atoms with E-state index in [0.29, 0.717) is 18.4 Å². The van der Waals surface area contributed by atoms with Crippen LogP contribution in [0.1, 0.15) is 48.9 Å². The molecule has 6 heteroatoms. The van der Waals surface area contributed by atoms with Crippen molar-refractivity contribution in [1.29, 1.82) is 0 Å². The second-order valence-electron chi connectivity index (χ2n) is 6.12.